The smallest absolute Gasteiger partial charge is 0.310 e. The van der Waals surface area contributed by atoms with Gasteiger partial charge in [-0.15, -0.1) is 0 Å². The van der Waals surface area contributed by atoms with Gasteiger partial charge in [0.25, 0.3) is 5.91 Å². The molecule has 6 heteroatoms. The van der Waals surface area contributed by atoms with Crippen LogP contribution < -0.4 is 14.8 Å². The van der Waals surface area contributed by atoms with Gasteiger partial charge in [0.05, 0.1) is 12.0 Å². The first-order chi connectivity index (χ1) is 15.0. The predicted molar refractivity (Wildman–Crippen MR) is 115 cm³/mol. The molecule has 4 fully saturated rings. The number of benzene rings is 1. The topological polar surface area (TPSA) is 73.9 Å². The monoisotopic (exact) mass is 427 g/mol. The van der Waals surface area contributed by atoms with Gasteiger partial charge in [-0.2, -0.15) is 0 Å². The molecule has 4 bridgehead atoms. The molecule has 6 nitrogen and oxygen atoms in total. The Labute approximate surface area is 184 Å². The van der Waals surface area contributed by atoms with Gasteiger partial charge in [0.1, 0.15) is 13.2 Å². The van der Waals surface area contributed by atoms with E-state index >= 15 is 0 Å². The number of hydrogen-bond acceptors (Lipinski definition) is 5. The van der Waals surface area contributed by atoms with Gasteiger partial charge in [0, 0.05) is 0 Å². The van der Waals surface area contributed by atoms with Crippen LogP contribution in [-0.2, 0) is 14.3 Å². The normalized spacial score (nSPS) is 31.4. The largest absolute Gasteiger partial charge is 0.486 e. The molecule has 0 saturated heterocycles. The summed E-state index contributed by atoms with van der Waals surface area (Å²) in [6, 6.07) is 5.58. The van der Waals surface area contributed by atoms with Gasteiger partial charge >= 0.3 is 5.97 Å². The third kappa shape index (κ3) is 4.13. The van der Waals surface area contributed by atoms with E-state index in [1.807, 2.05) is 18.2 Å². The lowest BCUT2D eigenvalue weighted by Gasteiger charge is -2.53. The van der Waals surface area contributed by atoms with Crippen molar-refractivity contribution >= 4 is 11.9 Å². The molecule has 1 heterocycles. The van der Waals surface area contributed by atoms with Crippen LogP contribution in [0.2, 0.25) is 0 Å². The molecule has 1 amide bonds. The second-order valence-corrected chi connectivity index (χ2v) is 10.3. The Morgan fingerprint density at radius 3 is 2.29 bits per heavy atom. The van der Waals surface area contributed by atoms with Gasteiger partial charge in [-0.05, 0) is 79.4 Å². The molecule has 0 spiro atoms. The first kappa shape index (κ1) is 20.7. The first-order valence-electron chi connectivity index (χ1n) is 11.8. The lowest BCUT2D eigenvalue weighted by molar-refractivity contribution is -0.165. The Morgan fingerprint density at radius 2 is 1.65 bits per heavy atom. The summed E-state index contributed by atoms with van der Waals surface area (Å²) < 4.78 is 16.8. The molecule has 5 aliphatic rings. The minimum atomic E-state index is -0.259. The fourth-order valence-corrected chi connectivity index (χ4v) is 6.65. The minimum Gasteiger partial charge on any atom is -0.486 e. The molecule has 0 radical (unpaired) electrons. The number of esters is 1. The fourth-order valence-electron chi connectivity index (χ4n) is 6.65. The Morgan fingerprint density at radius 1 is 1.00 bits per heavy atom. The summed E-state index contributed by atoms with van der Waals surface area (Å²) in [6.45, 7) is 4.97. The van der Waals surface area contributed by atoms with Gasteiger partial charge < -0.3 is 19.5 Å². The van der Waals surface area contributed by atoms with Gasteiger partial charge in [0.15, 0.2) is 18.1 Å². The molecule has 1 aromatic carbocycles. The van der Waals surface area contributed by atoms with Gasteiger partial charge in [0.2, 0.25) is 0 Å². The van der Waals surface area contributed by atoms with E-state index in [4.69, 9.17) is 14.2 Å². The number of carbonyl (C=O) groups excluding carboxylic acids is 2. The Bertz CT molecular complexity index is 822. The molecule has 0 unspecified atom stereocenters. The molecule has 168 valence electrons. The van der Waals surface area contributed by atoms with Crippen LogP contribution >= 0.6 is 0 Å². The number of hydrogen-bond donors (Lipinski definition) is 1. The van der Waals surface area contributed by atoms with Crippen molar-refractivity contribution in [1.82, 2.24) is 5.32 Å². The Hall–Kier alpha value is -2.24. The quantitative estimate of drug-likeness (QED) is 0.698. The molecule has 4 saturated carbocycles. The molecule has 4 aliphatic carbocycles. The van der Waals surface area contributed by atoms with E-state index in [1.165, 1.54) is 32.1 Å². The Balaban J connectivity index is 1.19. The summed E-state index contributed by atoms with van der Waals surface area (Å²) >= 11 is 0. The van der Waals surface area contributed by atoms with Crippen molar-refractivity contribution in [2.45, 2.75) is 52.0 Å². The highest BCUT2D eigenvalue weighted by molar-refractivity contribution is 5.82. The second-order valence-electron chi connectivity index (χ2n) is 10.3. The average molecular weight is 428 g/mol. The highest BCUT2D eigenvalue weighted by Gasteiger charge is 2.51. The van der Waals surface area contributed by atoms with Gasteiger partial charge in [-0.3, -0.25) is 9.59 Å². The van der Waals surface area contributed by atoms with Crippen LogP contribution in [0.4, 0.5) is 0 Å². The molecule has 1 aliphatic heterocycles. The Kier molecular flexibility index (Phi) is 5.57. The first-order valence-corrected chi connectivity index (χ1v) is 11.8. The van der Waals surface area contributed by atoms with E-state index in [-0.39, 0.29) is 36.4 Å². The number of amides is 1. The fraction of sp³-hybridized carbons (Fsp3) is 0.680. The zero-order valence-corrected chi connectivity index (χ0v) is 18.5. The average Bonchev–Trinajstić information content (AvgIpc) is 2.74. The van der Waals surface area contributed by atoms with E-state index in [0.29, 0.717) is 30.8 Å². The maximum absolute atomic E-state index is 12.9. The van der Waals surface area contributed by atoms with Crippen molar-refractivity contribution in [3.63, 3.8) is 0 Å². The summed E-state index contributed by atoms with van der Waals surface area (Å²) in [5.41, 5.74) is 0.958. The van der Waals surface area contributed by atoms with Crippen molar-refractivity contribution in [3.05, 3.63) is 23.8 Å². The summed E-state index contributed by atoms with van der Waals surface area (Å²) in [5, 5.41) is 3.05. The van der Waals surface area contributed by atoms with Crippen molar-refractivity contribution in [2.75, 3.05) is 19.8 Å². The van der Waals surface area contributed by atoms with E-state index < -0.39 is 0 Å². The molecular weight excluding hydrogens is 394 g/mol. The van der Waals surface area contributed by atoms with Crippen LogP contribution in [0.15, 0.2) is 18.2 Å². The molecule has 1 atom stereocenters. The van der Waals surface area contributed by atoms with E-state index in [9.17, 15) is 9.59 Å². The van der Waals surface area contributed by atoms with Crippen molar-refractivity contribution in [2.24, 2.45) is 35.5 Å². The van der Waals surface area contributed by atoms with Crippen LogP contribution in [-0.4, -0.2) is 31.7 Å². The van der Waals surface area contributed by atoms with Crippen LogP contribution in [0.1, 0.15) is 57.6 Å². The number of fused-ring (bicyclic) bond motifs is 1. The van der Waals surface area contributed by atoms with Gasteiger partial charge in [-0.1, -0.05) is 19.9 Å². The zero-order chi connectivity index (χ0) is 21.5. The highest BCUT2D eigenvalue weighted by atomic mass is 16.6. The standard InChI is InChI=1S/C25H33NO5/c1-14(2)24(17-3-4-20-21(12-17)30-6-5-29-20)26-22(27)13-31-25(28)23-18-8-15-7-16(10-18)11-19(23)9-15/h3-4,12,14-16,18-19,23-24H,5-11,13H2,1-2H3,(H,26,27)/t15?,16?,18?,19?,23?,24-/m1/s1. The number of nitrogens with one attached hydrogen (secondary N) is 1. The molecule has 1 aromatic rings. The van der Waals surface area contributed by atoms with Crippen molar-refractivity contribution in [1.29, 1.82) is 0 Å². The molecule has 1 N–H and O–H groups in total. The molecule has 31 heavy (non-hydrogen) atoms. The summed E-state index contributed by atoms with van der Waals surface area (Å²) in [5.74, 6) is 3.74. The van der Waals surface area contributed by atoms with E-state index in [0.717, 1.165) is 23.1 Å². The van der Waals surface area contributed by atoms with Crippen molar-refractivity contribution in [3.8, 4) is 11.5 Å². The number of rotatable bonds is 6. The SMILES string of the molecule is CC(C)[C@@H](NC(=O)COC(=O)C1C2CC3CC(C2)CC1C3)c1ccc2c(c1)OCCO2. The second kappa shape index (κ2) is 8.36. The van der Waals surface area contributed by atoms with E-state index in [2.05, 4.69) is 19.2 Å². The third-order valence-corrected chi connectivity index (χ3v) is 7.75. The maximum atomic E-state index is 12.9. The highest BCUT2D eigenvalue weighted by Crippen LogP contribution is 2.56. The van der Waals surface area contributed by atoms with Crippen LogP contribution in [0, 0.1) is 35.5 Å². The van der Waals surface area contributed by atoms with E-state index in [1.54, 1.807) is 0 Å². The van der Waals surface area contributed by atoms with Gasteiger partial charge in [-0.25, -0.2) is 0 Å². The summed E-state index contributed by atoms with van der Waals surface area (Å²) in [7, 11) is 0. The minimum absolute atomic E-state index is 0.000657. The summed E-state index contributed by atoms with van der Waals surface area (Å²) in [6.07, 6.45) is 6.02. The molecule has 6 rings (SSSR count). The zero-order valence-electron chi connectivity index (χ0n) is 18.5. The predicted octanol–water partition coefficient (Wildman–Crippen LogP) is 3.89. The van der Waals surface area contributed by atoms with Crippen molar-refractivity contribution < 1.29 is 23.8 Å². The van der Waals surface area contributed by atoms with Crippen LogP contribution in [0.3, 0.4) is 0 Å². The maximum Gasteiger partial charge on any atom is 0.310 e. The van der Waals surface area contributed by atoms with Crippen LogP contribution in [0.5, 0.6) is 11.5 Å². The third-order valence-electron chi connectivity index (χ3n) is 7.75. The number of carbonyl (C=O) groups is 2. The molecule has 0 aromatic heterocycles. The summed E-state index contributed by atoms with van der Waals surface area (Å²) in [4.78, 5) is 25.5. The number of ether oxygens (including phenoxy) is 3. The lowest BCUT2D eigenvalue weighted by atomic mass is 9.52. The van der Waals surface area contributed by atoms with Crippen LogP contribution in [0.25, 0.3) is 0 Å². The molecular formula is C25H33NO5. The lowest BCUT2D eigenvalue weighted by Crippen LogP contribution is -2.48.